The molecule has 6 heteroatoms. The fourth-order valence-corrected chi connectivity index (χ4v) is 3.50. The molecule has 3 aromatic rings. The van der Waals surface area contributed by atoms with Crippen LogP contribution in [0.5, 0.6) is 0 Å². The van der Waals surface area contributed by atoms with E-state index >= 15 is 0 Å². The van der Waals surface area contributed by atoms with E-state index in [1.807, 2.05) is 53.5 Å². The predicted octanol–water partition coefficient (Wildman–Crippen LogP) is 4.00. The maximum Gasteiger partial charge on any atom is 0.257 e. The van der Waals surface area contributed by atoms with Crippen LogP contribution in [-0.2, 0) is 13.1 Å². The first-order valence-electron chi connectivity index (χ1n) is 8.37. The van der Waals surface area contributed by atoms with Crippen LogP contribution in [0.3, 0.4) is 0 Å². The van der Waals surface area contributed by atoms with Crippen molar-refractivity contribution in [1.82, 2.24) is 19.7 Å². The fourth-order valence-electron chi connectivity index (χ4n) is 2.68. The Hall–Kier alpha value is -2.47. The maximum absolute atomic E-state index is 12.7. The highest BCUT2D eigenvalue weighted by atomic mass is 32.1. The van der Waals surface area contributed by atoms with E-state index < -0.39 is 0 Å². The lowest BCUT2D eigenvalue weighted by Crippen LogP contribution is -2.26. The molecule has 130 valence electrons. The molecule has 3 rings (SSSR count). The van der Waals surface area contributed by atoms with Gasteiger partial charge in [-0.25, -0.2) is 4.98 Å². The third-order valence-electron chi connectivity index (χ3n) is 3.95. The lowest BCUT2D eigenvalue weighted by molar-refractivity contribution is 0.0783. The number of aromatic nitrogens is 3. The van der Waals surface area contributed by atoms with Crippen molar-refractivity contribution in [2.45, 2.75) is 33.4 Å². The first-order chi connectivity index (χ1) is 12.1. The molecule has 1 amide bonds. The van der Waals surface area contributed by atoms with Crippen LogP contribution in [0.4, 0.5) is 0 Å². The predicted molar refractivity (Wildman–Crippen MR) is 101 cm³/mol. The van der Waals surface area contributed by atoms with E-state index in [4.69, 9.17) is 0 Å². The summed E-state index contributed by atoms with van der Waals surface area (Å²) in [5, 5.41) is 7.40. The van der Waals surface area contributed by atoms with Crippen LogP contribution >= 0.6 is 11.3 Å². The van der Waals surface area contributed by atoms with Crippen LogP contribution in [0.2, 0.25) is 0 Å². The normalized spacial score (nSPS) is 10.8. The fraction of sp³-hybridized carbons (Fsp3) is 0.316. The van der Waals surface area contributed by atoms with Crippen LogP contribution in [0.1, 0.15) is 35.1 Å². The molecule has 0 aliphatic carbocycles. The highest BCUT2D eigenvalue weighted by Crippen LogP contribution is 2.24. The first-order valence-corrected chi connectivity index (χ1v) is 9.25. The van der Waals surface area contributed by atoms with Gasteiger partial charge in [0.05, 0.1) is 23.5 Å². The van der Waals surface area contributed by atoms with E-state index in [2.05, 4.69) is 17.0 Å². The van der Waals surface area contributed by atoms with Gasteiger partial charge in [0.2, 0.25) is 0 Å². The summed E-state index contributed by atoms with van der Waals surface area (Å²) in [5.41, 5.74) is 3.44. The molecule has 25 heavy (non-hydrogen) atoms. The third-order valence-corrected chi connectivity index (χ3v) is 4.89. The Kier molecular flexibility index (Phi) is 5.28. The van der Waals surface area contributed by atoms with Gasteiger partial charge in [-0.1, -0.05) is 37.3 Å². The molecule has 0 unspecified atom stereocenters. The molecule has 0 radical (unpaired) electrons. The maximum atomic E-state index is 12.7. The van der Waals surface area contributed by atoms with Gasteiger partial charge in [-0.3, -0.25) is 9.48 Å². The molecule has 0 N–H and O–H groups in total. The Bertz CT molecular complexity index is 853. The number of nitrogens with zero attached hydrogens (tertiary/aromatic N) is 4. The van der Waals surface area contributed by atoms with Crippen molar-refractivity contribution in [1.29, 1.82) is 0 Å². The van der Waals surface area contributed by atoms with E-state index in [-0.39, 0.29) is 5.91 Å². The van der Waals surface area contributed by atoms with Crippen LogP contribution in [0.25, 0.3) is 10.6 Å². The second-order valence-electron chi connectivity index (χ2n) is 6.06. The summed E-state index contributed by atoms with van der Waals surface area (Å²) in [6.07, 6.45) is 2.83. The second-order valence-corrected chi connectivity index (χ2v) is 6.92. The number of benzene rings is 1. The highest BCUT2D eigenvalue weighted by Gasteiger charge is 2.18. The first kappa shape index (κ1) is 17.4. The van der Waals surface area contributed by atoms with Crippen molar-refractivity contribution >= 4 is 17.2 Å². The van der Waals surface area contributed by atoms with Gasteiger partial charge in [0.25, 0.3) is 5.91 Å². The summed E-state index contributed by atoms with van der Waals surface area (Å²) in [4.78, 5) is 19.1. The van der Waals surface area contributed by atoms with Gasteiger partial charge in [-0.05, 0) is 13.3 Å². The largest absolute Gasteiger partial charge is 0.336 e. The van der Waals surface area contributed by atoms with Gasteiger partial charge >= 0.3 is 0 Å². The SMILES string of the molecule is CCCn1cc(C(=O)N(C)Cc2csc(-c3ccccc3)n2)c(C)n1. The average Bonchev–Trinajstić information content (AvgIpc) is 3.22. The number of carbonyl (C=O) groups is 1. The van der Waals surface area contributed by atoms with Crippen molar-refractivity contribution in [3.63, 3.8) is 0 Å². The summed E-state index contributed by atoms with van der Waals surface area (Å²) < 4.78 is 1.84. The standard InChI is InChI=1S/C19H22N4OS/c1-4-10-23-12-17(14(2)21-23)19(24)22(3)11-16-13-25-18(20-16)15-8-6-5-7-9-15/h5-9,12-13H,4,10-11H2,1-3H3. The Labute approximate surface area is 151 Å². The van der Waals surface area contributed by atoms with Crippen molar-refractivity contribution in [2.75, 3.05) is 7.05 Å². The summed E-state index contributed by atoms with van der Waals surface area (Å²) >= 11 is 1.60. The molecule has 0 saturated carbocycles. The van der Waals surface area contributed by atoms with Crippen LogP contribution in [0, 0.1) is 6.92 Å². The molecule has 0 aliphatic heterocycles. The topological polar surface area (TPSA) is 51.0 Å². The Morgan fingerprint density at radius 1 is 1.28 bits per heavy atom. The molecule has 1 aromatic carbocycles. The van der Waals surface area contributed by atoms with Gasteiger partial charge in [-0.15, -0.1) is 11.3 Å². The Morgan fingerprint density at radius 2 is 2.04 bits per heavy atom. The summed E-state index contributed by atoms with van der Waals surface area (Å²) in [5.74, 6) is -0.0193. The minimum absolute atomic E-state index is 0.0193. The van der Waals surface area contributed by atoms with E-state index in [1.165, 1.54) is 0 Å². The smallest absolute Gasteiger partial charge is 0.257 e. The molecule has 2 heterocycles. The molecular weight excluding hydrogens is 332 g/mol. The van der Waals surface area contributed by atoms with Crippen molar-refractivity contribution in [3.05, 3.63) is 58.9 Å². The molecule has 0 atom stereocenters. The molecule has 5 nitrogen and oxygen atoms in total. The van der Waals surface area contributed by atoms with Crippen LogP contribution in [-0.4, -0.2) is 32.6 Å². The zero-order valence-electron chi connectivity index (χ0n) is 14.8. The quantitative estimate of drug-likeness (QED) is 0.672. The van der Waals surface area contributed by atoms with Gasteiger partial charge in [0.1, 0.15) is 5.01 Å². The van der Waals surface area contributed by atoms with Gasteiger partial charge in [0, 0.05) is 30.7 Å². The lowest BCUT2D eigenvalue weighted by atomic mass is 10.2. The monoisotopic (exact) mass is 354 g/mol. The number of hydrogen-bond donors (Lipinski definition) is 0. The number of hydrogen-bond acceptors (Lipinski definition) is 4. The van der Waals surface area contributed by atoms with Crippen molar-refractivity contribution in [2.24, 2.45) is 0 Å². The summed E-state index contributed by atoms with van der Waals surface area (Å²) in [6.45, 7) is 5.28. The molecule has 0 spiro atoms. The molecule has 0 fully saturated rings. The van der Waals surface area contributed by atoms with Crippen LogP contribution in [0.15, 0.2) is 41.9 Å². The number of rotatable bonds is 6. The van der Waals surface area contributed by atoms with E-state index in [0.717, 1.165) is 34.9 Å². The second kappa shape index (κ2) is 7.61. The molecular formula is C19H22N4OS. The highest BCUT2D eigenvalue weighted by molar-refractivity contribution is 7.13. The summed E-state index contributed by atoms with van der Waals surface area (Å²) in [7, 11) is 1.81. The molecule has 0 saturated heterocycles. The number of thiazole rings is 1. The van der Waals surface area contributed by atoms with Crippen LogP contribution < -0.4 is 0 Å². The van der Waals surface area contributed by atoms with E-state index in [0.29, 0.717) is 12.1 Å². The third kappa shape index (κ3) is 3.96. The number of carbonyl (C=O) groups excluding carboxylic acids is 1. The van der Waals surface area contributed by atoms with Gasteiger partial charge in [0.15, 0.2) is 0 Å². The number of amides is 1. The molecule has 0 bridgehead atoms. The minimum Gasteiger partial charge on any atom is -0.336 e. The Balaban J connectivity index is 1.71. The van der Waals surface area contributed by atoms with E-state index in [1.54, 1.807) is 23.3 Å². The zero-order valence-corrected chi connectivity index (χ0v) is 15.6. The molecule has 2 aromatic heterocycles. The average molecular weight is 354 g/mol. The van der Waals surface area contributed by atoms with E-state index in [9.17, 15) is 4.79 Å². The lowest BCUT2D eigenvalue weighted by Gasteiger charge is -2.15. The van der Waals surface area contributed by atoms with Gasteiger partial charge in [-0.2, -0.15) is 5.10 Å². The zero-order chi connectivity index (χ0) is 17.8. The number of aryl methyl sites for hydroxylation is 2. The molecule has 0 aliphatic rings. The van der Waals surface area contributed by atoms with Crippen molar-refractivity contribution < 1.29 is 4.79 Å². The minimum atomic E-state index is -0.0193. The Morgan fingerprint density at radius 3 is 2.76 bits per heavy atom. The summed E-state index contributed by atoms with van der Waals surface area (Å²) in [6, 6.07) is 10.1. The van der Waals surface area contributed by atoms with Crippen molar-refractivity contribution in [3.8, 4) is 10.6 Å². The van der Waals surface area contributed by atoms with Gasteiger partial charge < -0.3 is 4.90 Å².